The molecule has 1 rings (SSSR count). The van der Waals surface area contributed by atoms with Crippen molar-refractivity contribution < 1.29 is 4.79 Å². The number of carbonyl (C=O) groups is 1. The average Bonchev–Trinajstić information content (AvgIpc) is 2.64. The molecule has 0 bridgehead atoms. The first kappa shape index (κ1) is 9.45. The quantitative estimate of drug-likeness (QED) is 0.629. The van der Waals surface area contributed by atoms with Crippen LogP contribution in [0, 0.1) is 11.8 Å². The summed E-state index contributed by atoms with van der Waals surface area (Å²) in [5, 5.41) is 2.88. The Hall–Kier alpha value is -0.640. The number of carbonyl (C=O) groups excluding carboxylic acids is 1. The smallest absolute Gasteiger partial charge is 0.229 e. The Morgan fingerprint density at radius 2 is 2.25 bits per heavy atom. The lowest BCUT2D eigenvalue weighted by molar-refractivity contribution is -0.122. The van der Waals surface area contributed by atoms with E-state index in [0.29, 0.717) is 12.0 Å². The van der Waals surface area contributed by atoms with Crippen LogP contribution in [0.5, 0.6) is 0 Å². The SMILES string of the molecule is CC(C(=O)NC1CC1C)C(N)=S. The van der Waals surface area contributed by atoms with Crippen molar-refractivity contribution in [2.24, 2.45) is 17.6 Å². The monoisotopic (exact) mass is 186 g/mol. The maximum Gasteiger partial charge on any atom is 0.229 e. The number of nitrogens with two attached hydrogens (primary N) is 1. The molecule has 3 N–H and O–H groups in total. The summed E-state index contributed by atoms with van der Waals surface area (Å²) < 4.78 is 0. The van der Waals surface area contributed by atoms with Crippen LogP contribution >= 0.6 is 12.2 Å². The first-order chi connectivity index (χ1) is 5.52. The largest absolute Gasteiger partial charge is 0.393 e. The molecule has 3 atom stereocenters. The van der Waals surface area contributed by atoms with E-state index < -0.39 is 0 Å². The fourth-order valence-corrected chi connectivity index (χ4v) is 1.07. The molecule has 0 radical (unpaired) electrons. The zero-order chi connectivity index (χ0) is 9.30. The van der Waals surface area contributed by atoms with E-state index in [4.69, 9.17) is 18.0 Å². The summed E-state index contributed by atoms with van der Waals surface area (Å²) in [7, 11) is 0. The summed E-state index contributed by atoms with van der Waals surface area (Å²) in [4.78, 5) is 11.6. The minimum Gasteiger partial charge on any atom is -0.393 e. The summed E-state index contributed by atoms with van der Waals surface area (Å²) in [5.41, 5.74) is 5.34. The van der Waals surface area contributed by atoms with Crippen molar-refractivity contribution in [1.82, 2.24) is 5.32 Å². The van der Waals surface area contributed by atoms with Crippen LogP contribution in [0.1, 0.15) is 20.3 Å². The van der Waals surface area contributed by atoms with Crippen LogP contribution in [0.15, 0.2) is 0 Å². The maximum absolute atomic E-state index is 11.3. The van der Waals surface area contributed by atoms with Gasteiger partial charge in [0.25, 0.3) is 0 Å². The highest BCUT2D eigenvalue weighted by molar-refractivity contribution is 7.80. The third-order valence-corrected chi connectivity index (χ3v) is 2.61. The second-order valence-electron chi connectivity index (χ2n) is 3.45. The van der Waals surface area contributed by atoms with Gasteiger partial charge < -0.3 is 11.1 Å². The van der Waals surface area contributed by atoms with E-state index in [1.165, 1.54) is 0 Å². The number of hydrogen-bond acceptors (Lipinski definition) is 2. The fraction of sp³-hybridized carbons (Fsp3) is 0.750. The maximum atomic E-state index is 11.3. The van der Waals surface area contributed by atoms with Crippen LogP contribution in [0.25, 0.3) is 0 Å². The summed E-state index contributed by atoms with van der Waals surface area (Å²) in [6.07, 6.45) is 1.08. The molecular formula is C8H14N2OS. The second-order valence-corrected chi connectivity index (χ2v) is 3.92. The molecule has 12 heavy (non-hydrogen) atoms. The van der Waals surface area contributed by atoms with Crippen molar-refractivity contribution in [3.8, 4) is 0 Å². The van der Waals surface area contributed by atoms with Gasteiger partial charge in [-0.05, 0) is 19.3 Å². The van der Waals surface area contributed by atoms with Crippen molar-refractivity contribution >= 4 is 23.1 Å². The minimum atomic E-state index is -0.340. The lowest BCUT2D eigenvalue weighted by atomic mass is 10.1. The van der Waals surface area contributed by atoms with Crippen LogP contribution in [-0.2, 0) is 4.79 Å². The van der Waals surface area contributed by atoms with E-state index >= 15 is 0 Å². The molecule has 0 heterocycles. The van der Waals surface area contributed by atoms with Gasteiger partial charge in [0, 0.05) is 6.04 Å². The molecule has 0 aromatic rings. The third-order valence-electron chi connectivity index (χ3n) is 2.26. The van der Waals surface area contributed by atoms with Crippen LogP contribution < -0.4 is 11.1 Å². The van der Waals surface area contributed by atoms with Gasteiger partial charge in [-0.15, -0.1) is 0 Å². The molecule has 0 aromatic carbocycles. The fourth-order valence-electron chi connectivity index (χ4n) is 0.960. The van der Waals surface area contributed by atoms with Gasteiger partial charge in [0.2, 0.25) is 5.91 Å². The summed E-state index contributed by atoms with van der Waals surface area (Å²) in [5.74, 6) is 0.233. The van der Waals surface area contributed by atoms with Gasteiger partial charge in [-0.25, -0.2) is 0 Å². The Kier molecular flexibility index (Phi) is 2.67. The van der Waals surface area contributed by atoms with Gasteiger partial charge in [-0.2, -0.15) is 0 Å². The van der Waals surface area contributed by atoms with E-state index in [0.717, 1.165) is 6.42 Å². The second kappa shape index (κ2) is 3.39. The molecule has 68 valence electrons. The van der Waals surface area contributed by atoms with E-state index in [9.17, 15) is 4.79 Å². The van der Waals surface area contributed by atoms with Gasteiger partial charge in [-0.3, -0.25) is 4.79 Å². The predicted octanol–water partition coefficient (Wildman–Crippen LogP) is 0.433. The molecule has 1 fully saturated rings. The van der Waals surface area contributed by atoms with Crippen LogP contribution in [0.3, 0.4) is 0 Å². The molecule has 1 amide bonds. The highest BCUT2D eigenvalue weighted by Gasteiger charge is 2.34. The standard InChI is InChI=1S/C8H14N2OS/c1-4-3-6(4)10-8(11)5(2)7(9)12/h4-6H,3H2,1-2H3,(H2,9,12)(H,10,11). The van der Waals surface area contributed by atoms with E-state index in [1.54, 1.807) is 6.92 Å². The van der Waals surface area contributed by atoms with E-state index in [-0.39, 0.29) is 16.8 Å². The predicted molar refractivity (Wildman–Crippen MR) is 51.7 cm³/mol. The summed E-state index contributed by atoms with van der Waals surface area (Å²) in [6.45, 7) is 3.83. The molecular weight excluding hydrogens is 172 g/mol. The molecule has 0 aromatic heterocycles. The summed E-state index contributed by atoms with van der Waals surface area (Å²) >= 11 is 4.71. The molecule has 0 aliphatic heterocycles. The first-order valence-electron chi connectivity index (χ1n) is 4.12. The molecule has 3 nitrogen and oxygen atoms in total. The number of hydrogen-bond donors (Lipinski definition) is 2. The van der Waals surface area contributed by atoms with E-state index in [1.807, 2.05) is 0 Å². The Morgan fingerprint density at radius 1 is 1.75 bits per heavy atom. The Morgan fingerprint density at radius 3 is 2.58 bits per heavy atom. The van der Waals surface area contributed by atoms with Crippen molar-refractivity contribution in [3.05, 3.63) is 0 Å². The Balaban J connectivity index is 2.33. The molecule has 1 aliphatic rings. The van der Waals surface area contributed by atoms with Crippen molar-refractivity contribution in [2.45, 2.75) is 26.3 Å². The molecule has 0 spiro atoms. The van der Waals surface area contributed by atoms with Crippen LogP contribution in [0.2, 0.25) is 0 Å². The number of rotatable bonds is 3. The minimum absolute atomic E-state index is 0.0446. The molecule has 4 heteroatoms. The molecule has 1 aliphatic carbocycles. The van der Waals surface area contributed by atoms with Gasteiger partial charge >= 0.3 is 0 Å². The number of nitrogens with one attached hydrogen (secondary N) is 1. The molecule has 1 saturated carbocycles. The third kappa shape index (κ3) is 2.17. The van der Waals surface area contributed by atoms with Gasteiger partial charge in [0.05, 0.1) is 10.9 Å². The van der Waals surface area contributed by atoms with Gasteiger partial charge in [-0.1, -0.05) is 19.1 Å². The summed E-state index contributed by atoms with van der Waals surface area (Å²) in [6, 6.07) is 0.356. The number of thiocarbonyl (C=S) groups is 1. The number of amides is 1. The van der Waals surface area contributed by atoms with E-state index in [2.05, 4.69) is 12.2 Å². The lowest BCUT2D eigenvalue weighted by Crippen LogP contribution is -2.37. The zero-order valence-electron chi connectivity index (χ0n) is 7.33. The van der Waals surface area contributed by atoms with Crippen LogP contribution in [0.4, 0.5) is 0 Å². The lowest BCUT2D eigenvalue weighted by Gasteiger charge is -2.09. The van der Waals surface area contributed by atoms with Crippen LogP contribution in [-0.4, -0.2) is 16.9 Å². The van der Waals surface area contributed by atoms with Gasteiger partial charge in [0.1, 0.15) is 0 Å². The molecule has 3 unspecified atom stereocenters. The topological polar surface area (TPSA) is 55.1 Å². The normalized spacial score (nSPS) is 29.2. The van der Waals surface area contributed by atoms with Gasteiger partial charge in [0.15, 0.2) is 0 Å². The Bertz CT molecular complexity index is 217. The average molecular weight is 186 g/mol. The van der Waals surface area contributed by atoms with Crippen molar-refractivity contribution in [3.63, 3.8) is 0 Å². The highest BCUT2D eigenvalue weighted by Crippen LogP contribution is 2.29. The Labute approximate surface area is 77.7 Å². The first-order valence-corrected chi connectivity index (χ1v) is 4.53. The van der Waals surface area contributed by atoms with Crippen molar-refractivity contribution in [2.75, 3.05) is 0 Å². The molecule has 0 saturated heterocycles. The highest BCUT2D eigenvalue weighted by atomic mass is 32.1. The van der Waals surface area contributed by atoms with Crippen molar-refractivity contribution in [1.29, 1.82) is 0 Å². The zero-order valence-corrected chi connectivity index (χ0v) is 8.15.